The monoisotopic (exact) mass is 286 g/mol. The van der Waals surface area contributed by atoms with Crippen LogP contribution >= 0.6 is 0 Å². The summed E-state index contributed by atoms with van der Waals surface area (Å²) in [5.41, 5.74) is 0.875. The summed E-state index contributed by atoms with van der Waals surface area (Å²) in [5.74, 6) is 1.47. The van der Waals surface area contributed by atoms with Gasteiger partial charge in [-0.15, -0.1) is 0 Å². The van der Waals surface area contributed by atoms with E-state index in [0.29, 0.717) is 24.9 Å². The molecule has 0 amide bonds. The van der Waals surface area contributed by atoms with Crippen LogP contribution < -0.4 is 4.90 Å². The van der Waals surface area contributed by atoms with Crippen LogP contribution in [0, 0.1) is 18.8 Å². The molecule has 0 radical (unpaired) electrons. The number of anilines is 1. The van der Waals surface area contributed by atoms with Crippen LogP contribution in [0.25, 0.3) is 0 Å². The van der Waals surface area contributed by atoms with E-state index in [0.717, 1.165) is 24.6 Å². The van der Waals surface area contributed by atoms with Gasteiger partial charge >= 0.3 is 6.18 Å². The van der Waals surface area contributed by atoms with Gasteiger partial charge in [0.05, 0.1) is 12.2 Å². The van der Waals surface area contributed by atoms with Crippen LogP contribution in [0.1, 0.15) is 5.69 Å². The van der Waals surface area contributed by atoms with Crippen LogP contribution in [0.3, 0.4) is 0 Å². The quantitative estimate of drug-likeness (QED) is 0.828. The minimum absolute atomic E-state index is 0.304. The second-order valence-corrected chi connectivity index (χ2v) is 5.70. The van der Waals surface area contributed by atoms with Crippen LogP contribution in [0.2, 0.25) is 0 Å². The number of likely N-dealkylation sites (tertiary alicyclic amines) is 1. The first-order valence-electron chi connectivity index (χ1n) is 6.74. The van der Waals surface area contributed by atoms with E-state index >= 15 is 0 Å². The van der Waals surface area contributed by atoms with Gasteiger partial charge < -0.3 is 4.90 Å². The van der Waals surface area contributed by atoms with E-state index in [4.69, 9.17) is 0 Å². The van der Waals surface area contributed by atoms with Gasteiger partial charge in [-0.1, -0.05) is 0 Å². The van der Waals surface area contributed by atoms with Crippen molar-refractivity contribution in [2.45, 2.75) is 13.1 Å². The molecule has 2 unspecified atom stereocenters. The third-order valence-corrected chi connectivity index (χ3v) is 4.12. The predicted molar refractivity (Wildman–Crippen MR) is 68.5 cm³/mol. The second kappa shape index (κ2) is 4.87. The Hall–Kier alpha value is -1.37. The summed E-state index contributed by atoms with van der Waals surface area (Å²) in [7, 11) is 0. The zero-order valence-corrected chi connectivity index (χ0v) is 11.3. The minimum atomic E-state index is -4.10. The van der Waals surface area contributed by atoms with E-state index < -0.39 is 12.7 Å². The second-order valence-electron chi connectivity index (χ2n) is 5.70. The number of rotatable bonds is 2. The maximum atomic E-state index is 12.4. The van der Waals surface area contributed by atoms with Gasteiger partial charge in [0.2, 0.25) is 0 Å². The molecule has 3 rings (SSSR count). The molecule has 110 valence electrons. The standard InChI is InChI=1S/C13H17F3N4/c1-9-12(18-3-2-17-9)20-6-10-4-19(5-11(10)7-20)8-13(14,15)16/h2-3,10-11H,4-8H2,1H3. The minimum Gasteiger partial charge on any atom is -0.354 e. The number of alkyl halides is 3. The van der Waals surface area contributed by atoms with Gasteiger partial charge in [-0.3, -0.25) is 9.88 Å². The highest BCUT2D eigenvalue weighted by atomic mass is 19.4. The van der Waals surface area contributed by atoms with E-state index in [9.17, 15) is 13.2 Å². The number of hydrogen-bond acceptors (Lipinski definition) is 4. The molecular formula is C13H17F3N4. The summed E-state index contributed by atoms with van der Waals surface area (Å²) in [4.78, 5) is 12.2. The highest BCUT2D eigenvalue weighted by Crippen LogP contribution is 2.34. The van der Waals surface area contributed by atoms with Crippen LogP contribution in [0.4, 0.5) is 19.0 Å². The fourth-order valence-corrected chi connectivity index (χ4v) is 3.36. The summed E-state index contributed by atoms with van der Waals surface area (Å²) in [5, 5.41) is 0. The van der Waals surface area contributed by atoms with Gasteiger partial charge in [0.25, 0.3) is 0 Å². The van der Waals surface area contributed by atoms with Gasteiger partial charge in [-0.05, 0) is 18.8 Å². The zero-order valence-electron chi connectivity index (χ0n) is 11.3. The Morgan fingerprint density at radius 1 is 1.10 bits per heavy atom. The lowest BCUT2D eigenvalue weighted by Gasteiger charge is -2.23. The van der Waals surface area contributed by atoms with Crippen LogP contribution in [0.15, 0.2) is 12.4 Å². The Morgan fingerprint density at radius 3 is 2.25 bits per heavy atom. The van der Waals surface area contributed by atoms with Gasteiger partial charge in [-0.2, -0.15) is 13.2 Å². The van der Waals surface area contributed by atoms with E-state index in [1.165, 1.54) is 4.90 Å². The number of aromatic nitrogens is 2. The fraction of sp³-hybridized carbons (Fsp3) is 0.692. The molecule has 20 heavy (non-hydrogen) atoms. The van der Waals surface area contributed by atoms with Gasteiger partial charge in [0.15, 0.2) is 0 Å². The summed E-state index contributed by atoms with van der Waals surface area (Å²) in [6.45, 7) is 3.73. The van der Waals surface area contributed by atoms with Crippen molar-refractivity contribution in [3.63, 3.8) is 0 Å². The van der Waals surface area contributed by atoms with Crippen molar-refractivity contribution in [1.82, 2.24) is 14.9 Å². The van der Waals surface area contributed by atoms with Gasteiger partial charge in [-0.25, -0.2) is 4.98 Å². The molecule has 4 nitrogen and oxygen atoms in total. The first-order valence-corrected chi connectivity index (χ1v) is 6.74. The highest BCUT2D eigenvalue weighted by Gasteiger charge is 2.43. The van der Waals surface area contributed by atoms with E-state index in [-0.39, 0.29) is 0 Å². The molecule has 0 saturated carbocycles. The Labute approximate surface area is 115 Å². The van der Waals surface area contributed by atoms with E-state index in [1.807, 2.05) is 6.92 Å². The third kappa shape index (κ3) is 2.72. The first-order chi connectivity index (χ1) is 9.42. The molecule has 0 aliphatic carbocycles. The highest BCUT2D eigenvalue weighted by molar-refractivity contribution is 5.44. The zero-order chi connectivity index (χ0) is 14.3. The molecule has 0 bridgehead atoms. The van der Waals surface area contributed by atoms with Crippen LogP contribution in [0.5, 0.6) is 0 Å². The van der Waals surface area contributed by atoms with Crippen molar-refractivity contribution in [2.24, 2.45) is 11.8 Å². The molecule has 7 heteroatoms. The summed E-state index contributed by atoms with van der Waals surface area (Å²) < 4.78 is 37.2. The molecule has 0 spiro atoms. The third-order valence-electron chi connectivity index (χ3n) is 4.12. The lowest BCUT2D eigenvalue weighted by molar-refractivity contribution is -0.144. The number of aryl methyl sites for hydroxylation is 1. The number of halogens is 3. The Balaban J connectivity index is 1.63. The summed E-state index contributed by atoms with van der Waals surface area (Å²) >= 11 is 0. The largest absolute Gasteiger partial charge is 0.401 e. The lowest BCUT2D eigenvalue weighted by Crippen LogP contribution is -2.35. The average molecular weight is 286 g/mol. The Morgan fingerprint density at radius 2 is 1.70 bits per heavy atom. The van der Waals surface area contributed by atoms with Crippen molar-refractivity contribution in [1.29, 1.82) is 0 Å². The predicted octanol–water partition coefficient (Wildman–Crippen LogP) is 1.72. The molecule has 2 aliphatic heterocycles. The Kier molecular flexibility index (Phi) is 3.32. The normalized spacial score (nSPS) is 27.1. The number of fused-ring (bicyclic) bond motifs is 1. The number of nitrogens with zero attached hydrogens (tertiary/aromatic N) is 4. The van der Waals surface area contributed by atoms with Crippen LogP contribution in [-0.2, 0) is 0 Å². The fourth-order valence-electron chi connectivity index (χ4n) is 3.36. The summed E-state index contributed by atoms with van der Waals surface area (Å²) in [6, 6.07) is 0. The van der Waals surface area contributed by atoms with Crippen LogP contribution in [-0.4, -0.2) is 53.8 Å². The first kappa shape index (κ1) is 13.6. The van der Waals surface area contributed by atoms with E-state index in [2.05, 4.69) is 14.9 Å². The molecule has 2 atom stereocenters. The van der Waals surface area contributed by atoms with Crippen molar-refractivity contribution in [3.8, 4) is 0 Å². The maximum Gasteiger partial charge on any atom is 0.401 e. The molecule has 2 fully saturated rings. The van der Waals surface area contributed by atoms with Crippen molar-refractivity contribution < 1.29 is 13.2 Å². The molecule has 1 aromatic heterocycles. The topological polar surface area (TPSA) is 32.3 Å². The Bertz CT molecular complexity index is 477. The molecule has 2 saturated heterocycles. The maximum absolute atomic E-state index is 12.4. The molecule has 2 aliphatic rings. The summed E-state index contributed by atoms with van der Waals surface area (Å²) in [6.07, 6.45) is -0.785. The molecule has 0 aromatic carbocycles. The molecular weight excluding hydrogens is 269 g/mol. The van der Waals surface area contributed by atoms with E-state index in [1.54, 1.807) is 12.4 Å². The molecule has 3 heterocycles. The number of hydrogen-bond donors (Lipinski definition) is 0. The van der Waals surface area contributed by atoms with Gasteiger partial charge in [0, 0.05) is 38.6 Å². The smallest absolute Gasteiger partial charge is 0.354 e. The SMILES string of the molecule is Cc1nccnc1N1CC2CN(CC(F)(F)F)CC2C1. The lowest BCUT2D eigenvalue weighted by atomic mass is 10.0. The van der Waals surface area contributed by atoms with Gasteiger partial charge in [0.1, 0.15) is 5.82 Å². The average Bonchev–Trinajstić information content (AvgIpc) is 2.84. The van der Waals surface area contributed by atoms with Crippen molar-refractivity contribution in [2.75, 3.05) is 37.6 Å². The van der Waals surface area contributed by atoms with Crippen molar-refractivity contribution >= 4 is 5.82 Å². The van der Waals surface area contributed by atoms with Crippen molar-refractivity contribution in [3.05, 3.63) is 18.1 Å². The molecule has 0 N–H and O–H groups in total. The molecule has 1 aromatic rings.